The van der Waals surface area contributed by atoms with Crippen molar-refractivity contribution in [3.8, 4) is 22.5 Å². The average molecular weight is 406 g/mol. The van der Waals surface area contributed by atoms with Crippen LogP contribution in [0.25, 0.3) is 28.2 Å². The smallest absolute Gasteiger partial charge is 0.359 e. The summed E-state index contributed by atoms with van der Waals surface area (Å²) < 4.78 is 9.03. The van der Waals surface area contributed by atoms with Crippen LogP contribution in [0.15, 0.2) is 77.9 Å². The first-order valence-electron chi connectivity index (χ1n) is 9.88. The van der Waals surface area contributed by atoms with Gasteiger partial charge in [-0.15, -0.1) is 0 Å². The van der Waals surface area contributed by atoms with Crippen LogP contribution in [-0.4, -0.2) is 26.3 Å². The zero-order chi connectivity index (χ0) is 20.8. The van der Waals surface area contributed by atoms with Crippen LogP contribution in [0.1, 0.15) is 10.6 Å². The fourth-order valence-electron chi connectivity index (χ4n) is 3.87. The number of furan rings is 1. The molecule has 148 valence electrons. The van der Waals surface area contributed by atoms with Crippen LogP contribution in [0, 0.1) is 12.1 Å². The maximum absolute atomic E-state index is 13.3. The number of carbonyl (C=O) groups excluding carboxylic acids is 1. The van der Waals surface area contributed by atoms with Crippen molar-refractivity contribution in [2.45, 2.75) is 12.5 Å². The average Bonchev–Trinajstić information content (AvgIpc) is 3.55. The topological polar surface area (TPSA) is 76.3 Å². The Bertz CT molecular complexity index is 1410. The highest BCUT2D eigenvalue weighted by atomic mass is 16.3. The van der Waals surface area contributed by atoms with Crippen molar-refractivity contribution in [3.05, 3.63) is 91.4 Å². The molecule has 0 amide bonds. The largest absolute Gasteiger partial charge is 0.469 e. The zero-order valence-corrected chi connectivity index (χ0v) is 16.3. The lowest BCUT2D eigenvalue weighted by atomic mass is 10.1. The molecule has 5 heterocycles. The fourth-order valence-corrected chi connectivity index (χ4v) is 3.87. The lowest BCUT2D eigenvalue weighted by molar-refractivity contribution is -0.551. The number of nitrogens with zero attached hydrogens (tertiary/aromatic N) is 4. The Kier molecular flexibility index (Phi) is 3.83. The third-order valence-electron chi connectivity index (χ3n) is 5.37. The second kappa shape index (κ2) is 6.82. The number of imidazole rings is 1. The summed E-state index contributed by atoms with van der Waals surface area (Å²) >= 11 is 0. The lowest BCUT2D eigenvalue weighted by Gasteiger charge is -2.07. The second-order valence-corrected chi connectivity index (χ2v) is 7.33. The predicted molar refractivity (Wildman–Crippen MR) is 112 cm³/mol. The first kappa shape index (κ1) is 17.4. The zero-order valence-electron chi connectivity index (χ0n) is 16.3. The third-order valence-corrected chi connectivity index (χ3v) is 5.37. The van der Waals surface area contributed by atoms with Crippen molar-refractivity contribution in [1.29, 1.82) is 0 Å². The second-order valence-electron chi connectivity index (χ2n) is 7.33. The van der Waals surface area contributed by atoms with E-state index in [-0.39, 0.29) is 5.91 Å². The molecule has 6 rings (SSSR count). The van der Waals surface area contributed by atoms with Gasteiger partial charge in [0.25, 0.3) is 0 Å². The van der Waals surface area contributed by atoms with Crippen molar-refractivity contribution >= 4 is 17.4 Å². The van der Waals surface area contributed by atoms with E-state index in [4.69, 9.17) is 9.40 Å². The number of hydrogen-bond acceptors (Lipinski definition) is 5. The number of aromatic nitrogens is 4. The minimum absolute atomic E-state index is 0.0556. The number of pyridine rings is 1. The van der Waals surface area contributed by atoms with Gasteiger partial charge in [0, 0.05) is 24.2 Å². The highest BCUT2D eigenvalue weighted by Gasteiger charge is 2.42. The van der Waals surface area contributed by atoms with Crippen molar-refractivity contribution < 1.29 is 13.8 Å². The van der Waals surface area contributed by atoms with E-state index < -0.39 is 6.04 Å². The van der Waals surface area contributed by atoms with Gasteiger partial charge in [0.1, 0.15) is 23.3 Å². The first-order chi connectivity index (χ1) is 15.3. The van der Waals surface area contributed by atoms with Gasteiger partial charge in [-0.2, -0.15) is 4.57 Å². The van der Waals surface area contributed by atoms with Crippen LogP contribution in [0.2, 0.25) is 0 Å². The summed E-state index contributed by atoms with van der Waals surface area (Å²) in [4.78, 5) is 22.5. The standard InChI is InChI=1S/C24H15N5O2/c30-24-19(13-18-7-4-12-31-18)27-23-22(17-8-9-21-25-10-11-28(21)14-17)26-20(15-29(23)24)16-5-2-1-3-6-16/h1-2,4-5,7-12,14-15,19H,13H2/p+1. The van der Waals surface area contributed by atoms with Gasteiger partial charge in [-0.1, -0.05) is 18.2 Å². The fraction of sp³-hybridized carbons (Fsp3) is 0.0833. The molecule has 0 aliphatic carbocycles. The van der Waals surface area contributed by atoms with Crippen molar-refractivity contribution in [2.75, 3.05) is 5.32 Å². The Hall–Kier alpha value is -4.44. The SMILES string of the molecule is O=C1C(Cc2ccco2)Nc2c(-c3ccc4nccn4c3)nc(-c3c#cccc3)c[n+]21. The molecular formula is C24H16N5O2+. The monoisotopic (exact) mass is 406 g/mol. The summed E-state index contributed by atoms with van der Waals surface area (Å²) in [5.41, 5.74) is 3.81. The maximum atomic E-state index is 13.3. The van der Waals surface area contributed by atoms with E-state index in [1.54, 1.807) is 29.3 Å². The molecule has 4 aromatic heterocycles. The summed E-state index contributed by atoms with van der Waals surface area (Å²) in [5.74, 6) is 1.35. The molecule has 1 aliphatic rings. The van der Waals surface area contributed by atoms with Gasteiger partial charge in [0.15, 0.2) is 5.69 Å². The number of rotatable bonds is 4. The molecule has 0 saturated carbocycles. The Morgan fingerprint density at radius 2 is 2.19 bits per heavy atom. The van der Waals surface area contributed by atoms with Crippen molar-refractivity contribution in [3.63, 3.8) is 0 Å². The Balaban J connectivity index is 1.51. The van der Waals surface area contributed by atoms with Gasteiger partial charge in [-0.25, -0.2) is 14.8 Å². The van der Waals surface area contributed by atoms with Crippen molar-refractivity contribution in [2.24, 2.45) is 0 Å². The molecule has 5 aromatic rings. The molecular weight excluding hydrogens is 390 g/mol. The van der Waals surface area contributed by atoms with Crippen LogP contribution < -0.4 is 9.88 Å². The number of nitrogens with one attached hydrogen (secondary N) is 1. The van der Waals surface area contributed by atoms with Gasteiger partial charge < -0.3 is 8.82 Å². The number of fused-ring (bicyclic) bond motifs is 2. The molecule has 7 heteroatoms. The molecule has 0 radical (unpaired) electrons. The summed E-state index contributed by atoms with van der Waals surface area (Å²) in [6, 6.07) is 18.7. The Morgan fingerprint density at radius 3 is 3.03 bits per heavy atom. The molecule has 1 aromatic carbocycles. The van der Waals surface area contributed by atoms with Crippen LogP contribution in [-0.2, 0) is 6.42 Å². The van der Waals surface area contributed by atoms with E-state index in [0.29, 0.717) is 23.6 Å². The first-order valence-corrected chi connectivity index (χ1v) is 9.88. The Labute approximate surface area is 177 Å². The Morgan fingerprint density at radius 1 is 1.23 bits per heavy atom. The van der Waals surface area contributed by atoms with E-state index in [1.165, 1.54) is 0 Å². The summed E-state index contributed by atoms with van der Waals surface area (Å²) in [6.45, 7) is 0. The summed E-state index contributed by atoms with van der Waals surface area (Å²) in [6.07, 6.45) is 9.41. The molecule has 31 heavy (non-hydrogen) atoms. The predicted octanol–water partition coefficient (Wildman–Crippen LogP) is 3.22. The molecule has 0 bridgehead atoms. The van der Waals surface area contributed by atoms with E-state index >= 15 is 0 Å². The molecule has 1 aliphatic heterocycles. The molecule has 7 nitrogen and oxygen atoms in total. The summed E-state index contributed by atoms with van der Waals surface area (Å²) in [7, 11) is 0. The number of hydrogen-bond donors (Lipinski definition) is 1. The minimum Gasteiger partial charge on any atom is -0.469 e. The van der Waals surface area contributed by atoms with Gasteiger partial charge >= 0.3 is 11.7 Å². The van der Waals surface area contributed by atoms with Crippen LogP contribution in [0.3, 0.4) is 0 Å². The van der Waals surface area contributed by atoms with Crippen molar-refractivity contribution in [1.82, 2.24) is 14.4 Å². The minimum atomic E-state index is -0.440. The molecule has 0 spiro atoms. The molecule has 0 fully saturated rings. The van der Waals surface area contributed by atoms with Gasteiger partial charge in [-0.05, 0) is 36.4 Å². The van der Waals surface area contributed by atoms with E-state index in [1.807, 2.05) is 53.2 Å². The van der Waals surface area contributed by atoms with E-state index in [0.717, 1.165) is 22.5 Å². The van der Waals surface area contributed by atoms with Crippen LogP contribution >= 0.6 is 0 Å². The molecule has 1 N–H and O–H groups in total. The van der Waals surface area contributed by atoms with Gasteiger partial charge in [-0.3, -0.25) is 5.32 Å². The molecule has 1 atom stereocenters. The van der Waals surface area contributed by atoms with Crippen LogP contribution in [0.4, 0.5) is 5.82 Å². The summed E-state index contributed by atoms with van der Waals surface area (Å²) in [5, 5.41) is 3.36. The quantitative estimate of drug-likeness (QED) is 0.464. The van der Waals surface area contributed by atoms with E-state index in [2.05, 4.69) is 22.4 Å². The normalized spacial score (nSPS) is 15.0. The third kappa shape index (κ3) is 2.93. The highest BCUT2D eigenvalue weighted by Crippen LogP contribution is 2.30. The van der Waals surface area contributed by atoms with Gasteiger partial charge in [0.2, 0.25) is 6.04 Å². The number of anilines is 1. The highest BCUT2D eigenvalue weighted by molar-refractivity contribution is 5.86. The van der Waals surface area contributed by atoms with Gasteiger partial charge in [0.05, 0.1) is 18.2 Å². The molecule has 1 unspecified atom stereocenters. The maximum Gasteiger partial charge on any atom is 0.359 e. The molecule has 0 saturated heterocycles. The number of carbonyl (C=O) groups is 1. The van der Waals surface area contributed by atoms with Crippen LogP contribution in [0.5, 0.6) is 0 Å². The lowest BCUT2D eigenvalue weighted by Crippen LogP contribution is -2.43. The van der Waals surface area contributed by atoms with E-state index in [9.17, 15) is 4.79 Å².